The number of thioether (sulfide) groups is 1. The van der Waals surface area contributed by atoms with Gasteiger partial charge >= 0.3 is 29.6 Å². The molecule has 0 aliphatic heterocycles. The summed E-state index contributed by atoms with van der Waals surface area (Å²) in [4.78, 5) is 15.8. The summed E-state index contributed by atoms with van der Waals surface area (Å²) < 4.78 is 0. The summed E-state index contributed by atoms with van der Waals surface area (Å²) in [5, 5.41) is 22.9. The minimum atomic E-state index is -1.02. The Balaban J connectivity index is 0.00000420. The fraction of sp³-hybridized carbons (Fsp3) is 0.312. The molecule has 0 fully saturated rings. The first-order valence-corrected chi connectivity index (χ1v) is 14.5. The number of benzene rings is 3. The predicted octanol–water partition coefficient (Wildman–Crippen LogP) is 3.15. The van der Waals surface area contributed by atoms with Crippen molar-refractivity contribution in [3.63, 3.8) is 0 Å². The van der Waals surface area contributed by atoms with Crippen molar-refractivity contribution in [1.29, 1.82) is 0 Å². The van der Waals surface area contributed by atoms with Crippen LogP contribution in [0.1, 0.15) is 53.0 Å². The normalized spacial score (nSPS) is 12.6. The van der Waals surface area contributed by atoms with E-state index >= 15 is 0 Å². The van der Waals surface area contributed by atoms with Crippen LogP contribution in [0.15, 0.2) is 78.9 Å². The number of aliphatic hydroxyl groups is 1. The largest absolute Gasteiger partial charge is 1.00 e. The number of hydrogen-bond donors (Lipinski definition) is 1. The Hall–Kier alpha value is -1.86. The van der Waals surface area contributed by atoms with E-state index in [0.717, 1.165) is 42.3 Å². The maximum atomic E-state index is 11.1. The van der Waals surface area contributed by atoms with E-state index in [2.05, 4.69) is 48.5 Å². The second-order valence-corrected chi connectivity index (χ2v) is 11.5. The fourth-order valence-electron chi connectivity index (χ4n) is 4.73. The first-order chi connectivity index (χ1) is 18.4. The minimum absolute atomic E-state index is 0. The van der Waals surface area contributed by atoms with E-state index in [1.54, 1.807) is 11.8 Å². The van der Waals surface area contributed by atoms with Gasteiger partial charge in [0, 0.05) is 27.3 Å². The van der Waals surface area contributed by atoms with Crippen LogP contribution in [0.5, 0.6) is 0 Å². The second-order valence-electron chi connectivity index (χ2n) is 9.73. The van der Waals surface area contributed by atoms with Gasteiger partial charge in [-0.15, -0.1) is 0 Å². The predicted molar refractivity (Wildman–Crippen MR) is 156 cm³/mol. The van der Waals surface area contributed by atoms with Crippen LogP contribution >= 0.6 is 23.4 Å². The van der Waals surface area contributed by atoms with Crippen LogP contribution in [0, 0.1) is 0 Å². The molecule has 4 nitrogen and oxygen atoms in total. The molecular formula is C32H33ClNNaO3S. The number of pyridine rings is 1. The summed E-state index contributed by atoms with van der Waals surface area (Å²) >= 11 is 7.82. The third-order valence-electron chi connectivity index (χ3n) is 6.64. The maximum absolute atomic E-state index is 11.1. The van der Waals surface area contributed by atoms with Gasteiger partial charge in [-0.3, -0.25) is 4.98 Å². The molecule has 2 unspecified atom stereocenters. The summed E-state index contributed by atoms with van der Waals surface area (Å²) in [5.74, 6) is -0.507. The number of rotatable bonds is 13. The molecule has 4 rings (SSSR count). The van der Waals surface area contributed by atoms with Gasteiger partial charge in [0.15, 0.2) is 0 Å². The van der Waals surface area contributed by atoms with Crippen LogP contribution in [0.4, 0.5) is 0 Å². The van der Waals surface area contributed by atoms with Crippen LogP contribution in [0.2, 0.25) is 5.02 Å². The van der Waals surface area contributed by atoms with Crippen molar-refractivity contribution in [1.82, 2.24) is 4.98 Å². The van der Waals surface area contributed by atoms with E-state index in [1.165, 1.54) is 22.3 Å². The number of carboxylic acid groups (broad SMARTS) is 1. The summed E-state index contributed by atoms with van der Waals surface area (Å²) in [6.07, 6.45) is 3.70. The number of carbonyl (C=O) groups excluding carboxylic acids is 1. The van der Waals surface area contributed by atoms with Crippen LogP contribution < -0.4 is 34.7 Å². The number of aliphatic hydroxyl groups excluding tert-OH is 1. The molecule has 0 radical (unpaired) electrons. The molecule has 39 heavy (non-hydrogen) atoms. The number of nitrogens with zero attached hydrogens (tertiary/aromatic N) is 1. The minimum Gasteiger partial charge on any atom is -0.550 e. The van der Waals surface area contributed by atoms with Gasteiger partial charge in [-0.05, 0) is 91.7 Å². The molecule has 0 amide bonds. The van der Waals surface area contributed by atoms with E-state index in [1.807, 2.05) is 37.3 Å². The molecule has 0 spiro atoms. The Bertz CT molecular complexity index is 1380. The van der Waals surface area contributed by atoms with Crippen LogP contribution in [0.3, 0.4) is 0 Å². The standard InChI is InChI=1S/C32H34ClNO3S.Na/c1-22(35)19-26-7-3-2-6-24(26)12-16-31(38-18-17-32(36)37)27-8-4-5-23(20-27)9-14-29-15-11-25-10-13-28(33)21-30(25)34-29;/h2-8,10-11,13,15,20-22,31,35H,9,12,14,16-19H2,1H3,(H,36,37);/q;+1/p-1. The zero-order valence-electron chi connectivity index (χ0n) is 22.6. The summed E-state index contributed by atoms with van der Waals surface area (Å²) in [5.41, 5.74) is 6.77. The molecule has 0 bridgehead atoms. The molecule has 198 valence electrons. The van der Waals surface area contributed by atoms with E-state index in [4.69, 9.17) is 16.6 Å². The van der Waals surface area contributed by atoms with E-state index in [9.17, 15) is 15.0 Å². The first-order valence-electron chi connectivity index (χ1n) is 13.1. The monoisotopic (exact) mass is 569 g/mol. The van der Waals surface area contributed by atoms with Crippen molar-refractivity contribution in [3.05, 3.63) is 112 Å². The number of aliphatic carboxylic acids is 1. The SMILES string of the molecule is CC(O)Cc1ccccc1CCC(SCCC(=O)[O-])c1cccc(CCc2ccc3ccc(Cl)cc3n2)c1.[Na+]. The number of carbonyl (C=O) groups is 1. The fourth-order valence-corrected chi connectivity index (χ4v) is 6.09. The zero-order valence-corrected chi connectivity index (χ0v) is 26.2. The van der Waals surface area contributed by atoms with Crippen molar-refractivity contribution >= 4 is 40.2 Å². The van der Waals surface area contributed by atoms with Gasteiger partial charge < -0.3 is 15.0 Å². The van der Waals surface area contributed by atoms with Gasteiger partial charge in [0.2, 0.25) is 0 Å². The molecule has 1 aromatic heterocycles. The molecule has 0 saturated heterocycles. The van der Waals surface area contributed by atoms with Gasteiger partial charge in [0.1, 0.15) is 0 Å². The average molecular weight is 570 g/mol. The second kappa shape index (κ2) is 15.8. The molecule has 1 N–H and O–H groups in total. The molecule has 7 heteroatoms. The van der Waals surface area contributed by atoms with Gasteiger partial charge in [0.25, 0.3) is 0 Å². The summed E-state index contributed by atoms with van der Waals surface area (Å²) in [6.45, 7) is 1.81. The molecular weight excluding hydrogens is 537 g/mol. The van der Waals surface area contributed by atoms with Crippen LogP contribution in [-0.2, 0) is 30.5 Å². The molecule has 0 saturated carbocycles. The van der Waals surface area contributed by atoms with Crippen molar-refractivity contribution in [3.8, 4) is 0 Å². The number of aromatic nitrogens is 1. The third-order valence-corrected chi connectivity index (χ3v) is 8.22. The molecule has 1 heterocycles. The van der Waals surface area contributed by atoms with Crippen molar-refractivity contribution in [2.45, 2.75) is 56.8 Å². The number of fused-ring (bicyclic) bond motifs is 1. The molecule has 2 atom stereocenters. The maximum Gasteiger partial charge on any atom is 1.00 e. The van der Waals surface area contributed by atoms with E-state index < -0.39 is 12.1 Å². The number of hydrogen-bond acceptors (Lipinski definition) is 5. The average Bonchev–Trinajstić information content (AvgIpc) is 2.89. The topological polar surface area (TPSA) is 73.2 Å². The summed E-state index contributed by atoms with van der Waals surface area (Å²) in [6, 6.07) is 26.8. The van der Waals surface area contributed by atoms with Crippen LogP contribution in [0.25, 0.3) is 10.9 Å². The molecule has 0 aliphatic rings. The zero-order chi connectivity index (χ0) is 26.9. The number of aryl methyl sites for hydroxylation is 3. The number of halogens is 1. The van der Waals surface area contributed by atoms with Gasteiger partial charge in [0.05, 0.1) is 11.6 Å². The van der Waals surface area contributed by atoms with E-state index in [0.29, 0.717) is 17.2 Å². The van der Waals surface area contributed by atoms with Crippen molar-refractivity contribution < 1.29 is 44.6 Å². The Morgan fingerprint density at radius 2 is 1.74 bits per heavy atom. The Morgan fingerprint density at radius 3 is 2.51 bits per heavy atom. The molecule has 0 aliphatic carbocycles. The Kier molecular flexibility index (Phi) is 12.8. The molecule has 3 aromatic carbocycles. The third kappa shape index (κ3) is 9.93. The first kappa shape index (κ1) is 31.7. The van der Waals surface area contributed by atoms with Gasteiger partial charge in [-0.1, -0.05) is 72.3 Å². The number of carboxylic acids is 1. The van der Waals surface area contributed by atoms with Gasteiger partial charge in [-0.2, -0.15) is 11.8 Å². The smallest absolute Gasteiger partial charge is 0.550 e. The van der Waals surface area contributed by atoms with Gasteiger partial charge in [-0.25, -0.2) is 0 Å². The Morgan fingerprint density at radius 1 is 0.974 bits per heavy atom. The summed E-state index contributed by atoms with van der Waals surface area (Å²) in [7, 11) is 0. The van der Waals surface area contributed by atoms with Crippen LogP contribution in [-0.4, -0.2) is 27.9 Å². The molecule has 4 aromatic rings. The van der Waals surface area contributed by atoms with Crippen molar-refractivity contribution in [2.75, 3.05) is 5.75 Å². The van der Waals surface area contributed by atoms with Crippen molar-refractivity contribution in [2.24, 2.45) is 0 Å². The van der Waals surface area contributed by atoms with E-state index in [-0.39, 0.29) is 41.2 Å². The quantitative estimate of drug-likeness (QED) is 0.251. The Labute approximate surface area is 262 Å².